The molecule has 1 rings (SSSR count). The number of nitrogens with two attached hydrogens (primary N) is 1. The van der Waals surface area contributed by atoms with Gasteiger partial charge in [0, 0.05) is 13.6 Å². The van der Waals surface area contributed by atoms with Crippen molar-refractivity contribution in [2.75, 3.05) is 13.6 Å². The van der Waals surface area contributed by atoms with Gasteiger partial charge in [-0.2, -0.15) is 0 Å². The molecule has 1 amide bonds. The molecule has 0 radical (unpaired) electrons. The number of amides is 1. The average molecular weight is 242 g/mol. The Morgan fingerprint density at radius 2 is 2.12 bits per heavy atom. The van der Waals surface area contributed by atoms with Crippen LogP contribution in [0.25, 0.3) is 0 Å². The summed E-state index contributed by atoms with van der Waals surface area (Å²) < 4.78 is 0. The van der Waals surface area contributed by atoms with Gasteiger partial charge in [-0.3, -0.25) is 4.79 Å². The molecule has 3 unspecified atom stereocenters. The lowest BCUT2D eigenvalue weighted by Gasteiger charge is -2.31. The van der Waals surface area contributed by atoms with E-state index in [0.29, 0.717) is 17.3 Å². The third-order valence-electron chi connectivity index (χ3n) is 3.85. The van der Waals surface area contributed by atoms with Crippen LogP contribution in [0, 0.1) is 17.3 Å². The molecule has 0 heterocycles. The quantitative estimate of drug-likeness (QED) is 0.748. The third kappa shape index (κ3) is 2.54. The van der Waals surface area contributed by atoms with Crippen LogP contribution in [-0.2, 0) is 4.79 Å². The fourth-order valence-electron chi connectivity index (χ4n) is 1.94. The average Bonchev–Trinajstić information content (AvgIpc) is 2.91. The fourth-order valence-corrected chi connectivity index (χ4v) is 2.17. The first kappa shape index (κ1) is 13.4. The van der Waals surface area contributed by atoms with Gasteiger partial charge in [0.2, 0.25) is 5.91 Å². The lowest BCUT2D eigenvalue weighted by Crippen LogP contribution is -2.47. The molecule has 0 aromatic rings. The summed E-state index contributed by atoms with van der Waals surface area (Å²) >= 11 is 5.01. The molecule has 2 N–H and O–H groups in total. The largest absolute Gasteiger partial charge is 0.392 e. The number of rotatable bonds is 5. The van der Waals surface area contributed by atoms with E-state index in [4.69, 9.17) is 18.0 Å². The van der Waals surface area contributed by atoms with Gasteiger partial charge in [0.05, 0.1) is 10.4 Å². The maximum absolute atomic E-state index is 12.3. The second-order valence-corrected chi connectivity index (χ2v) is 5.65. The van der Waals surface area contributed by atoms with E-state index < -0.39 is 5.41 Å². The zero-order chi connectivity index (χ0) is 12.5. The molecular weight excluding hydrogens is 220 g/mol. The molecule has 3 atom stereocenters. The van der Waals surface area contributed by atoms with Crippen LogP contribution in [-0.4, -0.2) is 29.4 Å². The van der Waals surface area contributed by atoms with Gasteiger partial charge in [0.25, 0.3) is 0 Å². The van der Waals surface area contributed by atoms with E-state index in [9.17, 15) is 4.79 Å². The van der Waals surface area contributed by atoms with Crippen molar-refractivity contribution in [1.82, 2.24) is 4.90 Å². The van der Waals surface area contributed by atoms with Gasteiger partial charge in [-0.25, -0.2) is 0 Å². The Morgan fingerprint density at radius 3 is 2.44 bits per heavy atom. The number of carbonyl (C=O) groups is 1. The van der Waals surface area contributed by atoms with Crippen LogP contribution >= 0.6 is 12.2 Å². The lowest BCUT2D eigenvalue weighted by molar-refractivity contribution is -0.136. The highest BCUT2D eigenvalue weighted by atomic mass is 32.1. The Bertz CT molecular complexity index is 305. The van der Waals surface area contributed by atoms with Crippen molar-refractivity contribution in [3.8, 4) is 0 Å². The molecule has 92 valence electrons. The highest BCUT2D eigenvalue weighted by Crippen LogP contribution is 2.38. The van der Waals surface area contributed by atoms with Gasteiger partial charge < -0.3 is 10.6 Å². The number of nitrogens with zero attached hydrogens (tertiary/aromatic N) is 1. The van der Waals surface area contributed by atoms with E-state index in [2.05, 4.69) is 6.92 Å². The summed E-state index contributed by atoms with van der Waals surface area (Å²) in [5.41, 5.74) is 5.00. The SMILES string of the molecule is CCC(C)(C(=O)N(C)CC1CC1C)C(N)=S. The zero-order valence-electron chi connectivity index (χ0n) is 10.6. The van der Waals surface area contributed by atoms with Crippen LogP contribution in [0.3, 0.4) is 0 Å². The maximum atomic E-state index is 12.3. The molecule has 3 nitrogen and oxygen atoms in total. The molecule has 1 aliphatic rings. The van der Waals surface area contributed by atoms with Gasteiger partial charge in [0.15, 0.2) is 0 Å². The zero-order valence-corrected chi connectivity index (χ0v) is 11.4. The van der Waals surface area contributed by atoms with Crippen LogP contribution in [0.15, 0.2) is 0 Å². The molecule has 0 saturated heterocycles. The van der Waals surface area contributed by atoms with Gasteiger partial charge in [0.1, 0.15) is 0 Å². The Labute approximate surface area is 103 Å². The lowest BCUT2D eigenvalue weighted by atomic mass is 9.86. The van der Waals surface area contributed by atoms with Crippen molar-refractivity contribution in [3.63, 3.8) is 0 Å². The summed E-state index contributed by atoms with van der Waals surface area (Å²) in [5, 5.41) is 0. The molecular formula is C12H22N2OS. The molecule has 0 spiro atoms. The first-order valence-corrected chi connectivity index (χ1v) is 6.29. The van der Waals surface area contributed by atoms with Crippen LogP contribution in [0.1, 0.15) is 33.6 Å². The van der Waals surface area contributed by atoms with E-state index in [1.165, 1.54) is 6.42 Å². The van der Waals surface area contributed by atoms with Crippen molar-refractivity contribution in [2.24, 2.45) is 23.0 Å². The monoisotopic (exact) mass is 242 g/mol. The Hall–Kier alpha value is -0.640. The molecule has 4 heteroatoms. The first-order chi connectivity index (χ1) is 7.32. The molecule has 0 aromatic heterocycles. The van der Waals surface area contributed by atoms with Crippen LogP contribution in [0.2, 0.25) is 0 Å². The normalized spacial score (nSPS) is 27.0. The molecule has 16 heavy (non-hydrogen) atoms. The minimum absolute atomic E-state index is 0.0570. The van der Waals surface area contributed by atoms with E-state index in [-0.39, 0.29) is 5.91 Å². The topological polar surface area (TPSA) is 46.3 Å². The van der Waals surface area contributed by atoms with Gasteiger partial charge in [-0.05, 0) is 31.6 Å². The smallest absolute Gasteiger partial charge is 0.235 e. The summed E-state index contributed by atoms with van der Waals surface area (Å²) in [6.45, 7) is 6.84. The van der Waals surface area contributed by atoms with Crippen molar-refractivity contribution in [3.05, 3.63) is 0 Å². The molecule has 0 aromatic carbocycles. The van der Waals surface area contributed by atoms with Gasteiger partial charge in [-0.1, -0.05) is 26.1 Å². The van der Waals surface area contributed by atoms with Crippen LogP contribution in [0.5, 0.6) is 0 Å². The number of hydrogen-bond acceptors (Lipinski definition) is 2. The van der Waals surface area contributed by atoms with E-state index >= 15 is 0 Å². The van der Waals surface area contributed by atoms with Gasteiger partial charge >= 0.3 is 0 Å². The van der Waals surface area contributed by atoms with Crippen molar-refractivity contribution < 1.29 is 4.79 Å². The first-order valence-electron chi connectivity index (χ1n) is 5.88. The summed E-state index contributed by atoms with van der Waals surface area (Å²) in [4.78, 5) is 14.4. The highest BCUT2D eigenvalue weighted by molar-refractivity contribution is 7.80. The standard InChI is InChI=1S/C12H22N2OS/c1-5-12(3,10(13)16)11(15)14(4)7-9-6-8(9)2/h8-9H,5-7H2,1-4H3,(H2,13,16). The highest BCUT2D eigenvalue weighted by Gasteiger charge is 2.40. The van der Waals surface area contributed by atoms with E-state index in [1.54, 1.807) is 4.90 Å². The molecule has 0 aliphatic heterocycles. The number of thiocarbonyl (C=S) groups is 1. The second kappa shape index (κ2) is 4.70. The predicted molar refractivity (Wildman–Crippen MR) is 70.1 cm³/mol. The Kier molecular flexibility index (Phi) is 3.94. The minimum atomic E-state index is -0.678. The van der Waals surface area contributed by atoms with Crippen molar-refractivity contribution >= 4 is 23.1 Å². The van der Waals surface area contributed by atoms with Crippen molar-refractivity contribution in [1.29, 1.82) is 0 Å². The van der Waals surface area contributed by atoms with Crippen LogP contribution < -0.4 is 5.73 Å². The number of hydrogen-bond donors (Lipinski definition) is 1. The van der Waals surface area contributed by atoms with Crippen LogP contribution in [0.4, 0.5) is 0 Å². The Balaban J connectivity index is 2.64. The Morgan fingerprint density at radius 1 is 1.62 bits per heavy atom. The third-order valence-corrected chi connectivity index (χ3v) is 4.30. The van der Waals surface area contributed by atoms with E-state index in [1.807, 2.05) is 20.9 Å². The second-order valence-electron chi connectivity index (χ2n) is 5.21. The minimum Gasteiger partial charge on any atom is -0.392 e. The molecule has 1 aliphatic carbocycles. The summed E-state index contributed by atoms with van der Waals surface area (Å²) in [7, 11) is 1.85. The predicted octanol–water partition coefficient (Wildman–Crippen LogP) is 1.80. The van der Waals surface area contributed by atoms with E-state index in [0.717, 1.165) is 12.5 Å². The van der Waals surface area contributed by atoms with Crippen molar-refractivity contribution in [2.45, 2.75) is 33.6 Å². The number of carbonyl (C=O) groups excluding carboxylic acids is 1. The summed E-state index contributed by atoms with van der Waals surface area (Å²) in [5.74, 6) is 1.48. The maximum Gasteiger partial charge on any atom is 0.235 e. The summed E-state index contributed by atoms with van der Waals surface area (Å²) in [6.07, 6.45) is 1.89. The molecule has 0 bridgehead atoms. The molecule has 1 fully saturated rings. The summed E-state index contributed by atoms with van der Waals surface area (Å²) in [6, 6.07) is 0. The van der Waals surface area contributed by atoms with Gasteiger partial charge in [-0.15, -0.1) is 0 Å². The molecule has 1 saturated carbocycles. The fraction of sp³-hybridized carbons (Fsp3) is 0.833.